The maximum atomic E-state index is 12.7. The summed E-state index contributed by atoms with van der Waals surface area (Å²) >= 11 is 0. The fourth-order valence-electron chi connectivity index (χ4n) is 3.39. The highest BCUT2D eigenvalue weighted by molar-refractivity contribution is 5.94. The Morgan fingerprint density at radius 1 is 1.35 bits per heavy atom. The van der Waals surface area contributed by atoms with Crippen LogP contribution in [0.1, 0.15) is 28.8 Å². The number of pyridine rings is 2. The molecule has 1 aliphatic rings. The number of anilines is 1. The Morgan fingerprint density at radius 2 is 2.23 bits per heavy atom. The molecule has 0 aromatic carbocycles. The van der Waals surface area contributed by atoms with E-state index in [2.05, 4.69) is 9.97 Å². The van der Waals surface area contributed by atoms with Crippen molar-refractivity contribution in [1.29, 1.82) is 0 Å². The van der Waals surface area contributed by atoms with Gasteiger partial charge in [-0.3, -0.25) is 9.78 Å². The van der Waals surface area contributed by atoms with Crippen molar-refractivity contribution in [2.45, 2.75) is 19.4 Å². The van der Waals surface area contributed by atoms with Gasteiger partial charge >= 0.3 is 0 Å². The summed E-state index contributed by atoms with van der Waals surface area (Å²) in [7, 11) is 3.70. The molecule has 1 fully saturated rings. The SMILES string of the molecule is COCC1CCCN(C(=O)c2ccc(N(C)Cc3cccnc3)nc2)C1. The van der Waals surface area contributed by atoms with E-state index in [9.17, 15) is 4.79 Å². The van der Waals surface area contributed by atoms with Gasteiger partial charge in [0.15, 0.2) is 0 Å². The molecule has 1 unspecified atom stereocenters. The molecule has 3 rings (SSSR count). The van der Waals surface area contributed by atoms with E-state index in [-0.39, 0.29) is 5.91 Å². The van der Waals surface area contributed by atoms with Crippen molar-refractivity contribution >= 4 is 11.7 Å². The lowest BCUT2D eigenvalue weighted by atomic mass is 9.98. The molecule has 6 nitrogen and oxygen atoms in total. The number of hydrogen-bond donors (Lipinski definition) is 0. The zero-order valence-electron chi connectivity index (χ0n) is 15.5. The summed E-state index contributed by atoms with van der Waals surface area (Å²) in [5, 5.41) is 0. The van der Waals surface area contributed by atoms with Crippen LogP contribution in [-0.4, -0.2) is 54.6 Å². The molecule has 3 heterocycles. The summed E-state index contributed by atoms with van der Waals surface area (Å²) in [4.78, 5) is 25.3. The van der Waals surface area contributed by atoms with Crippen LogP contribution in [-0.2, 0) is 11.3 Å². The summed E-state index contributed by atoms with van der Waals surface area (Å²) in [5.74, 6) is 1.32. The molecule has 1 amide bonds. The number of methoxy groups -OCH3 is 1. The predicted octanol–water partition coefficient (Wildman–Crippen LogP) is 2.61. The molecule has 0 bridgehead atoms. The summed E-state index contributed by atoms with van der Waals surface area (Å²) < 4.78 is 5.25. The minimum Gasteiger partial charge on any atom is -0.384 e. The van der Waals surface area contributed by atoms with Gasteiger partial charge in [-0.15, -0.1) is 0 Å². The third-order valence-electron chi connectivity index (χ3n) is 4.74. The lowest BCUT2D eigenvalue weighted by molar-refractivity contribution is 0.0570. The Hall–Kier alpha value is -2.47. The molecule has 6 heteroatoms. The second-order valence-corrected chi connectivity index (χ2v) is 6.84. The maximum absolute atomic E-state index is 12.7. The first-order valence-electron chi connectivity index (χ1n) is 9.01. The Labute approximate surface area is 154 Å². The summed E-state index contributed by atoms with van der Waals surface area (Å²) in [6.45, 7) is 3.00. The number of ether oxygens (including phenoxy) is 1. The quantitative estimate of drug-likeness (QED) is 0.798. The van der Waals surface area contributed by atoms with Gasteiger partial charge in [0, 0.05) is 52.4 Å². The minimum absolute atomic E-state index is 0.0553. The average Bonchev–Trinajstić information content (AvgIpc) is 2.69. The van der Waals surface area contributed by atoms with Crippen LogP contribution in [0.2, 0.25) is 0 Å². The van der Waals surface area contributed by atoms with Crippen LogP contribution in [0.25, 0.3) is 0 Å². The largest absolute Gasteiger partial charge is 0.384 e. The van der Waals surface area contributed by atoms with E-state index in [4.69, 9.17) is 4.74 Å². The number of nitrogens with zero attached hydrogens (tertiary/aromatic N) is 4. The summed E-state index contributed by atoms with van der Waals surface area (Å²) in [5.41, 5.74) is 1.76. The molecular formula is C20H26N4O2. The van der Waals surface area contributed by atoms with E-state index in [0.717, 1.165) is 43.9 Å². The molecule has 2 aromatic rings. The highest BCUT2D eigenvalue weighted by Crippen LogP contribution is 2.20. The molecule has 2 aromatic heterocycles. The lowest BCUT2D eigenvalue weighted by Gasteiger charge is -2.32. The van der Waals surface area contributed by atoms with Gasteiger partial charge in [0.2, 0.25) is 0 Å². The van der Waals surface area contributed by atoms with Gasteiger partial charge < -0.3 is 14.5 Å². The van der Waals surface area contributed by atoms with Crippen LogP contribution in [0.3, 0.4) is 0 Å². The van der Waals surface area contributed by atoms with Crippen LogP contribution in [0.5, 0.6) is 0 Å². The topological polar surface area (TPSA) is 58.6 Å². The number of carbonyl (C=O) groups is 1. The maximum Gasteiger partial charge on any atom is 0.255 e. The lowest BCUT2D eigenvalue weighted by Crippen LogP contribution is -2.41. The second kappa shape index (κ2) is 8.76. The summed E-state index contributed by atoms with van der Waals surface area (Å²) in [6.07, 6.45) is 7.44. The first-order chi connectivity index (χ1) is 12.7. The number of rotatable bonds is 6. The van der Waals surface area contributed by atoms with Gasteiger partial charge in [0.05, 0.1) is 12.2 Å². The molecule has 1 aliphatic heterocycles. The molecule has 26 heavy (non-hydrogen) atoms. The minimum atomic E-state index is 0.0553. The van der Waals surface area contributed by atoms with Crippen molar-refractivity contribution in [2.75, 3.05) is 38.8 Å². The van der Waals surface area contributed by atoms with E-state index in [0.29, 0.717) is 18.1 Å². The smallest absolute Gasteiger partial charge is 0.255 e. The molecule has 138 valence electrons. The Morgan fingerprint density at radius 3 is 2.92 bits per heavy atom. The number of piperidine rings is 1. The van der Waals surface area contributed by atoms with Crippen molar-refractivity contribution < 1.29 is 9.53 Å². The second-order valence-electron chi connectivity index (χ2n) is 6.84. The molecule has 0 saturated carbocycles. The van der Waals surface area contributed by atoms with Crippen molar-refractivity contribution in [2.24, 2.45) is 5.92 Å². The fourth-order valence-corrected chi connectivity index (χ4v) is 3.39. The van der Waals surface area contributed by atoms with Crippen molar-refractivity contribution in [3.63, 3.8) is 0 Å². The van der Waals surface area contributed by atoms with Gasteiger partial charge in [-0.25, -0.2) is 4.98 Å². The number of carbonyl (C=O) groups excluding carboxylic acids is 1. The van der Waals surface area contributed by atoms with Crippen molar-refractivity contribution in [1.82, 2.24) is 14.9 Å². The number of hydrogen-bond acceptors (Lipinski definition) is 5. The standard InChI is InChI=1S/C20H26N4O2/c1-23(13-16-5-3-9-21-11-16)19-8-7-18(12-22-19)20(25)24-10-4-6-17(14-24)15-26-2/h3,5,7-9,11-12,17H,4,6,10,13-15H2,1-2H3. The van der Waals surface area contributed by atoms with Crippen LogP contribution in [0.15, 0.2) is 42.9 Å². The number of aromatic nitrogens is 2. The van der Waals surface area contributed by atoms with Gasteiger partial charge in [-0.05, 0) is 42.5 Å². The zero-order chi connectivity index (χ0) is 18.4. The molecule has 1 atom stereocenters. The Kier molecular flexibility index (Phi) is 6.17. The van der Waals surface area contributed by atoms with E-state index in [1.807, 2.05) is 47.3 Å². The first kappa shape index (κ1) is 18.3. The highest BCUT2D eigenvalue weighted by Gasteiger charge is 2.24. The average molecular weight is 354 g/mol. The monoisotopic (exact) mass is 354 g/mol. The van der Waals surface area contributed by atoms with Gasteiger partial charge in [0.1, 0.15) is 5.82 Å². The third-order valence-corrected chi connectivity index (χ3v) is 4.74. The summed E-state index contributed by atoms with van der Waals surface area (Å²) in [6, 6.07) is 7.73. The molecule has 0 radical (unpaired) electrons. The number of likely N-dealkylation sites (tertiary alicyclic amines) is 1. The van der Waals surface area contributed by atoms with Crippen LogP contribution in [0.4, 0.5) is 5.82 Å². The fraction of sp³-hybridized carbons (Fsp3) is 0.450. The zero-order valence-corrected chi connectivity index (χ0v) is 15.5. The normalized spacial score (nSPS) is 17.2. The van der Waals surface area contributed by atoms with E-state index in [1.165, 1.54) is 0 Å². The molecule has 0 N–H and O–H groups in total. The van der Waals surface area contributed by atoms with E-state index >= 15 is 0 Å². The van der Waals surface area contributed by atoms with Gasteiger partial charge in [-0.1, -0.05) is 6.07 Å². The van der Waals surface area contributed by atoms with Gasteiger partial charge in [-0.2, -0.15) is 0 Å². The van der Waals surface area contributed by atoms with Crippen molar-refractivity contribution in [3.8, 4) is 0 Å². The molecular weight excluding hydrogens is 328 g/mol. The Balaban J connectivity index is 1.62. The van der Waals surface area contributed by atoms with E-state index in [1.54, 1.807) is 19.5 Å². The van der Waals surface area contributed by atoms with Crippen LogP contribution < -0.4 is 4.90 Å². The Bertz CT molecular complexity index is 704. The molecule has 0 spiro atoms. The number of amides is 1. The van der Waals surface area contributed by atoms with Crippen molar-refractivity contribution in [3.05, 3.63) is 54.0 Å². The first-order valence-corrected chi connectivity index (χ1v) is 9.01. The van der Waals surface area contributed by atoms with Gasteiger partial charge in [0.25, 0.3) is 5.91 Å². The third kappa shape index (κ3) is 4.58. The predicted molar refractivity (Wildman–Crippen MR) is 101 cm³/mol. The molecule has 1 saturated heterocycles. The highest BCUT2D eigenvalue weighted by atomic mass is 16.5. The van der Waals surface area contributed by atoms with Crippen LogP contribution >= 0.6 is 0 Å². The van der Waals surface area contributed by atoms with Crippen LogP contribution in [0, 0.1) is 5.92 Å². The molecule has 0 aliphatic carbocycles. The van der Waals surface area contributed by atoms with E-state index < -0.39 is 0 Å².